The summed E-state index contributed by atoms with van der Waals surface area (Å²) in [5, 5.41) is 3.18. The monoisotopic (exact) mass is 271 g/mol. The molecular formula is C12H15BrFN. The maximum absolute atomic E-state index is 13.2. The van der Waals surface area contributed by atoms with Crippen LogP contribution >= 0.6 is 15.9 Å². The van der Waals surface area contributed by atoms with Crippen LogP contribution in [0.2, 0.25) is 0 Å². The third kappa shape index (κ3) is 3.67. The average molecular weight is 272 g/mol. The molecule has 1 aromatic rings. The summed E-state index contributed by atoms with van der Waals surface area (Å²) >= 11 is 3.16. The molecule has 0 atom stereocenters. The molecule has 1 aromatic carbocycles. The number of allylic oxidation sites excluding steroid dienone is 1. The second kappa shape index (κ2) is 5.31. The molecule has 1 rings (SSSR count). The fourth-order valence-electron chi connectivity index (χ4n) is 1.20. The summed E-state index contributed by atoms with van der Waals surface area (Å²) in [6, 6.07) is 3.29. The zero-order valence-electron chi connectivity index (χ0n) is 9.20. The van der Waals surface area contributed by atoms with Gasteiger partial charge in [-0.3, -0.25) is 0 Å². The normalized spacial score (nSPS) is 9.93. The van der Waals surface area contributed by atoms with Gasteiger partial charge in [0.15, 0.2) is 0 Å². The summed E-state index contributed by atoms with van der Waals surface area (Å²) in [5.41, 5.74) is 3.12. The first-order chi connectivity index (χ1) is 7.00. The van der Waals surface area contributed by atoms with Gasteiger partial charge in [0.2, 0.25) is 0 Å². The van der Waals surface area contributed by atoms with Gasteiger partial charge in [0.25, 0.3) is 0 Å². The van der Waals surface area contributed by atoms with Crippen molar-refractivity contribution in [1.82, 2.24) is 0 Å². The molecular weight excluding hydrogens is 257 g/mol. The Bertz CT molecular complexity index is 381. The molecule has 0 aliphatic heterocycles. The highest BCUT2D eigenvalue weighted by molar-refractivity contribution is 9.10. The smallest absolute Gasteiger partial charge is 0.139 e. The zero-order chi connectivity index (χ0) is 11.4. The molecule has 1 nitrogen and oxygen atoms in total. The maximum atomic E-state index is 13.2. The van der Waals surface area contributed by atoms with Gasteiger partial charge in [-0.15, -0.1) is 0 Å². The van der Waals surface area contributed by atoms with Crippen LogP contribution in [0.15, 0.2) is 28.3 Å². The second-order valence-electron chi connectivity index (χ2n) is 3.74. The molecule has 1 N–H and O–H groups in total. The van der Waals surface area contributed by atoms with E-state index in [1.807, 2.05) is 20.8 Å². The molecule has 3 heteroatoms. The van der Waals surface area contributed by atoms with Crippen LogP contribution < -0.4 is 5.32 Å². The van der Waals surface area contributed by atoms with Crippen molar-refractivity contribution < 1.29 is 4.39 Å². The van der Waals surface area contributed by atoms with Crippen molar-refractivity contribution >= 4 is 21.6 Å². The van der Waals surface area contributed by atoms with E-state index in [0.29, 0.717) is 4.47 Å². The Morgan fingerprint density at radius 3 is 2.73 bits per heavy atom. The fraction of sp³-hybridized carbons (Fsp3) is 0.333. The first-order valence-corrected chi connectivity index (χ1v) is 5.63. The molecule has 0 radical (unpaired) electrons. The standard InChI is InChI=1S/C12H15BrFN/c1-8(2)4-5-15-12-7-11(14)10(13)6-9(12)3/h4,6-7,15H,5H2,1-3H3. The Balaban J connectivity index is 2.77. The van der Waals surface area contributed by atoms with Crippen molar-refractivity contribution in [3.05, 3.63) is 39.6 Å². The molecule has 0 unspecified atom stereocenters. The van der Waals surface area contributed by atoms with Crippen LogP contribution in [0.5, 0.6) is 0 Å². The molecule has 82 valence electrons. The predicted molar refractivity (Wildman–Crippen MR) is 66.8 cm³/mol. The van der Waals surface area contributed by atoms with E-state index in [1.54, 1.807) is 6.07 Å². The first kappa shape index (κ1) is 12.2. The molecule has 0 heterocycles. The third-order valence-corrected chi connectivity index (χ3v) is 2.68. The molecule has 0 amide bonds. The molecule has 0 aliphatic rings. The number of aryl methyl sites for hydroxylation is 1. The topological polar surface area (TPSA) is 12.0 Å². The van der Waals surface area contributed by atoms with Gasteiger partial charge in [-0.25, -0.2) is 4.39 Å². The number of rotatable bonds is 3. The summed E-state index contributed by atoms with van der Waals surface area (Å²) in [6.07, 6.45) is 2.07. The van der Waals surface area contributed by atoms with Gasteiger partial charge >= 0.3 is 0 Å². The SMILES string of the molecule is CC(C)=CCNc1cc(F)c(Br)cc1C. The van der Waals surface area contributed by atoms with Crippen LogP contribution in [0.3, 0.4) is 0 Å². The summed E-state index contributed by atoms with van der Waals surface area (Å²) in [4.78, 5) is 0. The Morgan fingerprint density at radius 2 is 2.13 bits per heavy atom. The summed E-state index contributed by atoms with van der Waals surface area (Å²) in [6.45, 7) is 6.76. The van der Waals surface area contributed by atoms with E-state index in [-0.39, 0.29) is 5.82 Å². The van der Waals surface area contributed by atoms with E-state index in [9.17, 15) is 4.39 Å². The van der Waals surface area contributed by atoms with Crippen LogP contribution in [0, 0.1) is 12.7 Å². The number of hydrogen-bond acceptors (Lipinski definition) is 1. The molecule has 0 fully saturated rings. The van der Waals surface area contributed by atoms with Crippen molar-refractivity contribution in [3.8, 4) is 0 Å². The number of nitrogens with one attached hydrogen (secondary N) is 1. The van der Waals surface area contributed by atoms with Gasteiger partial charge in [-0.1, -0.05) is 11.6 Å². The van der Waals surface area contributed by atoms with Crippen molar-refractivity contribution in [2.75, 3.05) is 11.9 Å². The van der Waals surface area contributed by atoms with E-state index in [1.165, 1.54) is 11.6 Å². The van der Waals surface area contributed by atoms with E-state index in [2.05, 4.69) is 27.3 Å². The highest BCUT2D eigenvalue weighted by Crippen LogP contribution is 2.23. The average Bonchev–Trinajstić information content (AvgIpc) is 2.13. The molecule has 0 aliphatic carbocycles. The lowest BCUT2D eigenvalue weighted by Crippen LogP contribution is -2.01. The Labute approximate surface area is 98.5 Å². The van der Waals surface area contributed by atoms with E-state index in [0.717, 1.165) is 17.8 Å². The third-order valence-electron chi connectivity index (χ3n) is 2.07. The van der Waals surface area contributed by atoms with Gasteiger partial charge in [0.05, 0.1) is 4.47 Å². The zero-order valence-corrected chi connectivity index (χ0v) is 10.8. The molecule has 0 saturated heterocycles. The lowest BCUT2D eigenvalue weighted by molar-refractivity contribution is 0.621. The largest absolute Gasteiger partial charge is 0.381 e. The van der Waals surface area contributed by atoms with Crippen molar-refractivity contribution in [3.63, 3.8) is 0 Å². The minimum Gasteiger partial charge on any atom is -0.381 e. The maximum Gasteiger partial charge on any atom is 0.139 e. The van der Waals surface area contributed by atoms with Gasteiger partial charge in [-0.2, -0.15) is 0 Å². The molecule has 0 aromatic heterocycles. The van der Waals surface area contributed by atoms with Gasteiger partial charge < -0.3 is 5.32 Å². The Morgan fingerprint density at radius 1 is 1.47 bits per heavy atom. The first-order valence-electron chi connectivity index (χ1n) is 4.83. The predicted octanol–water partition coefficient (Wildman–Crippen LogP) is 4.27. The van der Waals surface area contributed by atoms with Crippen LogP contribution in [0.4, 0.5) is 10.1 Å². The van der Waals surface area contributed by atoms with Gasteiger partial charge in [0, 0.05) is 12.2 Å². The molecule has 0 bridgehead atoms. The fourth-order valence-corrected chi connectivity index (χ4v) is 1.66. The molecule has 0 spiro atoms. The minimum atomic E-state index is -0.236. The number of benzene rings is 1. The number of hydrogen-bond donors (Lipinski definition) is 1. The lowest BCUT2D eigenvalue weighted by atomic mass is 10.2. The van der Waals surface area contributed by atoms with E-state index in [4.69, 9.17) is 0 Å². The Kier molecular flexibility index (Phi) is 4.33. The molecule has 15 heavy (non-hydrogen) atoms. The van der Waals surface area contributed by atoms with Crippen LogP contribution in [-0.2, 0) is 0 Å². The Hall–Kier alpha value is -0.830. The van der Waals surface area contributed by atoms with Crippen molar-refractivity contribution in [2.45, 2.75) is 20.8 Å². The minimum absolute atomic E-state index is 0.236. The van der Waals surface area contributed by atoms with Crippen molar-refractivity contribution in [1.29, 1.82) is 0 Å². The highest BCUT2D eigenvalue weighted by Gasteiger charge is 2.03. The summed E-state index contributed by atoms with van der Waals surface area (Å²) < 4.78 is 13.7. The lowest BCUT2D eigenvalue weighted by Gasteiger charge is -2.08. The van der Waals surface area contributed by atoms with Gasteiger partial charge in [0.1, 0.15) is 5.82 Å². The van der Waals surface area contributed by atoms with Crippen LogP contribution in [0.25, 0.3) is 0 Å². The number of halogens is 2. The van der Waals surface area contributed by atoms with E-state index >= 15 is 0 Å². The second-order valence-corrected chi connectivity index (χ2v) is 4.60. The quantitative estimate of drug-likeness (QED) is 0.810. The van der Waals surface area contributed by atoms with Crippen LogP contribution in [-0.4, -0.2) is 6.54 Å². The highest BCUT2D eigenvalue weighted by atomic mass is 79.9. The summed E-state index contributed by atoms with van der Waals surface area (Å²) in [7, 11) is 0. The number of anilines is 1. The van der Waals surface area contributed by atoms with Crippen molar-refractivity contribution in [2.24, 2.45) is 0 Å². The summed E-state index contributed by atoms with van der Waals surface area (Å²) in [5.74, 6) is -0.236. The van der Waals surface area contributed by atoms with Gasteiger partial charge in [-0.05, 0) is 54.4 Å². The van der Waals surface area contributed by atoms with E-state index < -0.39 is 0 Å². The van der Waals surface area contributed by atoms with Crippen LogP contribution in [0.1, 0.15) is 19.4 Å². The molecule has 0 saturated carbocycles.